The zero-order chi connectivity index (χ0) is 16.5. The zero-order valence-corrected chi connectivity index (χ0v) is 13.5. The average Bonchev–Trinajstić information content (AvgIpc) is 3.00. The Kier molecular flexibility index (Phi) is 3.67. The molecular weight excluding hydrogens is 322 g/mol. The number of fused-ring (bicyclic) bond motifs is 1. The number of nitrogens with one attached hydrogen (secondary N) is 1. The number of benzene rings is 2. The molecule has 0 saturated heterocycles. The van der Waals surface area contributed by atoms with Crippen LogP contribution in [0.15, 0.2) is 71.7 Å². The van der Waals surface area contributed by atoms with E-state index in [-0.39, 0.29) is 5.56 Å². The molecule has 2 aromatic carbocycles. The molecule has 0 unspecified atom stereocenters. The Labute approximate surface area is 143 Å². The summed E-state index contributed by atoms with van der Waals surface area (Å²) in [5.41, 5.74) is 4.37. The van der Waals surface area contributed by atoms with Crippen molar-refractivity contribution >= 4 is 17.2 Å². The van der Waals surface area contributed by atoms with Crippen molar-refractivity contribution in [2.45, 2.75) is 6.42 Å². The summed E-state index contributed by atoms with van der Waals surface area (Å²) in [6.07, 6.45) is 2.45. The molecule has 0 amide bonds. The molecule has 0 fully saturated rings. The fourth-order valence-corrected chi connectivity index (χ4v) is 2.89. The molecule has 0 aliphatic heterocycles. The second-order valence-electron chi connectivity index (χ2n) is 5.62. The van der Waals surface area contributed by atoms with Gasteiger partial charge >= 0.3 is 0 Å². The van der Waals surface area contributed by atoms with Crippen LogP contribution in [0.25, 0.3) is 16.9 Å². The van der Waals surface area contributed by atoms with Crippen LogP contribution in [0.2, 0.25) is 5.02 Å². The first kappa shape index (κ1) is 14.7. The smallest absolute Gasteiger partial charge is 0.274 e. The Morgan fingerprint density at radius 1 is 1.04 bits per heavy atom. The molecule has 0 bridgehead atoms. The number of hydrogen-bond donors (Lipinski definition) is 1. The van der Waals surface area contributed by atoms with Gasteiger partial charge in [0.05, 0.1) is 11.9 Å². The Morgan fingerprint density at radius 2 is 1.79 bits per heavy atom. The standard InChI is InChI=1S/C19H14ClN3O/c20-16-8-6-14(7-9-16)17-11-18(24)23-19(22-17)15(12-21-23)10-13-4-2-1-3-5-13/h1-9,11-12,22H,10H2. The fraction of sp³-hybridized carbons (Fsp3) is 0.0526. The lowest BCUT2D eigenvalue weighted by atomic mass is 10.1. The molecule has 4 nitrogen and oxygen atoms in total. The van der Waals surface area contributed by atoms with E-state index < -0.39 is 0 Å². The molecule has 0 saturated carbocycles. The molecule has 4 rings (SSSR count). The first-order valence-electron chi connectivity index (χ1n) is 7.60. The van der Waals surface area contributed by atoms with Gasteiger partial charge in [0.15, 0.2) is 0 Å². The van der Waals surface area contributed by atoms with E-state index in [1.807, 2.05) is 30.3 Å². The maximum absolute atomic E-state index is 12.4. The van der Waals surface area contributed by atoms with Gasteiger partial charge in [-0.25, -0.2) is 0 Å². The van der Waals surface area contributed by atoms with Gasteiger partial charge in [-0.2, -0.15) is 9.61 Å². The minimum absolute atomic E-state index is 0.159. The molecule has 2 heterocycles. The SMILES string of the molecule is O=c1cc(-c2ccc(Cl)cc2)[nH]c2c(Cc3ccccc3)cnn12. The van der Waals surface area contributed by atoms with Gasteiger partial charge in [-0.05, 0) is 23.3 Å². The number of H-pyrrole nitrogens is 1. The number of hydrogen-bond acceptors (Lipinski definition) is 2. The van der Waals surface area contributed by atoms with Gasteiger partial charge in [-0.3, -0.25) is 4.79 Å². The number of rotatable bonds is 3. The predicted octanol–water partition coefficient (Wildman–Crippen LogP) is 3.93. The van der Waals surface area contributed by atoms with E-state index in [4.69, 9.17) is 11.6 Å². The van der Waals surface area contributed by atoms with Crippen molar-refractivity contribution in [1.29, 1.82) is 0 Å². The summed E-state index contributed by atoms with van der Waals surface area (Å²) in [7, 11) is 0. The summed E-state index contributed by atoms with van der Waals surface area (Å²) in [4.78, 5) is 15.7. The summed E-state index contributed by atoms with van der Waals surface area (Å²) in [6, 6.07) is 19.0. The van der Waals surface area contributed by atoms with Crippen LogP contribution in [0.1, 0.15) is 11.1 Å². The molecule has 0 radical (unpaired) electrons. The molecule has 0 spiro atoms. The van der Waals surface area contributed by atoms with Gasteiger partial charge in [-0.15, -0.1) is 0 Å². The van der Waals surface area contributed by atoms with Gasteiger partial charge in [0.2, 0.25) is 0 Å². The summed E-state index contributed by atoms with van der Waals surface area (Å²) >= 11 is 5.94. The van der Waals surface area contributed by atoms with E-state index in [1.165, 1.54) is 10.1 Å². The predicted molar refractivity (Wildman–Crippen MR) is 95.5 cm³/mol. The third kappa shape index (κ3) is 2.72. The van der Waals surface area contributed by atoms with Gasteiger partial charge in [0, 0.05) is 23.1 Å². The second-order valence-corrected chi connectivity index (χ2v) is 6.06. The highest BCUT2D eigenvalue weighted by atomic mass is 35.5. The number of aromatic nitrogens is 3. The molecule has 4 aromatic rings. The van der Waals surface area contributed by atoms with Crippen LogP contribution >= 0.6 is 11.6 Å². The molecule has 0 aliphatic rings. The van der Waals surface area contributed by atoms with E-state index >= 15 is 0 Å². The Hall–Kier alpha value is -2.85. The van der Waals surface area contributed by atoms with Gasteiger partial charge < -0.3 is 4.98 Å². The molecule has 24 heavy (non-hydrogen) atoms. The van der Waals surface area contributed by atoms with Crippen molar-refractivity contribution in [3.05, 3.63) is 93.4 Å². The average molecular weight is 336 g/mol. The Morgan fingerprint density at radius 3 is 2.54 bits per heavy atom. The second kappa shape index (κ2) is 5.98. The van der Waals surface area contributed by atoms with Crippen molar-refractivity contribution in [3.63, 3.8) is 0 Å². The number of nitrogens with zero attached hydrogens (tertiary/aromatic N) is 2. The molecule has 5 heteroatoms. The first-order chi connectivity index (χ1) is 11.7. The van der Waals surface area contributed by atoms with Crippen LogP contribution in [0.3, 0.4) is 0 Å². The first-order valence-corrected chi connectivity index (χ1v) is 7.98. The van der Waals surface area contributed by atoms with Crippen molar-refractivity contribution in [2.75, 3.05) is 0 Å². The molecule has 2 aromatic heterocycles. The van der Waals surface area contributed by atoms with Crippen molar-refractivity contribution in [2.24, 2.45) is 0 Å². The third-order valence-corrected chi connectivity index (χ3v) is 4.22. The van der Waals surface area contributed by atoms with Crippen LogP contribution in [0, 0.1) is 0 Å². The maximum Gasteiger partial charge on any atom is 0.274 e. The lowest BCUT2D eigenvalue weighted by molar-refractivity contribution is 0.901. The third-order valence-electron chi connectivity index (χ3n) is 3.97. The fourth-order valence-electron chi connectivity index (χ4n) is 2.76. The number of aromatic amines is 1. The summed E-state index contributed by atoms with van der Waals surface area (Å²) < 4.78 is 1.40. The van der Waals surface area contributed by atoms with Crippen molar-refractivity contribution < 1.29 is 0 Å². The zero-order valence-electron chi connectivity index (χ0n) is 12.7. The number of halogens is 1. The Balaban J connectivity index is 1.82. The monoisotopic (exact) mass is 335 g/mol. The highest BCUT2D eigenvalue weighted by Crippen LogP contribution is 2.20. The van der Waals surface area contributed by atoms with Crippen molar-refractivity contribution in [1.82, 2.24) is 14.6 Å². The molecule has 1 N–H and O–H groups in total. The lowest BCUT2D eigenvalue weighted by Gasteiger charge is -2.05. The lowest BCUT2D eigenvalue weighted by Crippen LogP contribution is -2.14. The molecule has 0 aliphatic carbocycles. The van der Waals surface area contributed by atoms with Crippen LogP contribution < -0.4 is 5.56 Å². The normalized spacial score (nSPS) is 11.0. The summed E-state index contributed by atoms with van der Waals surface area (Å²) in [5.74, 6) is 0. The molecule has 0 atom stereocenters. The van der Waals surface area contributed by atoms with Gasteiger partial charge in [0.1, 0.15) is 5.65 Å². The van der Waals surface area contributed by atoms with E-state index in [0.29, 0.717) is 11.4 Å². The molecule has 118 valence electrons. The topological polar surface area (TPSA) is 50.2 Å². The van der Waals surface area contributed by atoms with Gasteiger partial charge in [0.25, 0.3) is 5.56 Å². The van der Waals surface area contributed by atoms with Crippen LogP contribution in [0.4, 0.5) is 0 Å². The van der Waals surface area contributed by atoms with E-state index in [2.05, 4.69) is 22.2 Å². The van der Waals surface area contributed by atoms with Crippen LogP contribution in [0.5, 0.6) is 0 Å². The Bertz CT molecular complexity index is 1050. The van der Waals surface area contributed by atoms with Gasteiger partial charge in [-0.1, -0.05) is 54.1 Å². The summed E-state index contributed by atoms with van der Waals surface area (Å²) in [5, 5.41) is 4.88. The maximum atomic E-state index is 12.4. The highest BCUT2D eigenvalue weighted by Gasteiger charge is 2.10. The van der Waals surface area contributed by atoms with E-state index in [0.717, 1.165) is 22.5 Å². The summed E-state index contributed by atoms with van der Waals surface area (Å²) in [6.45, 7) is 0. The quantitative estimate of drug-likeness (QED) is 0.616. The molecular formula is C19H14ClN3O. The van der Waals surface area contributed by atoms with Crippen molar-refractivity contribution in [3.8, 4) is 11.3 Å². The van der Waals surface area contributed by atoms with E-state index in [1.54, 1.807) is 24.4 Å². The van der Waals surface area contributed by atoms with E-state index in [9.17, 15) is 4.79 Å². The highest BCUT2D eigenvalue weighted by molar-refractivity contribution is 6.30. The minimum Gasteiger partial charge on any atom is -0.339 e. The largest absolute Gasteiger partial charge is 0.339 e. The minimum atomic E-state index is -0.159. The van der Waals surface area contributed by atoms with Crippen LogP contribution in [-0.4, -0.2) is 14.6 Å². The van der Waals surface area contributed by atoms with Crippen LogP contribution in [-0.2, 0) is 6.42 Å².